The van der Waals surface area contributed by atoms with Gasteiger partial charge in [0.05, 0.1) is 10.9 Å². The van der Waals surface area contributed by atoms with Gasteiger partial charge in [-0.2, -0.15) is 5.10 Å². The molecule has 0 atom stereocenters. The number of nitrogens with zero attached hydrogens (tertiary/aromatic N) is 3. The fraction of sp³-hybridized carbons (Fsp3) is 0.125. The third kappa shape index (κ3) is 2.94. The van der Waals surface area contributed by atoms with E-state index in [-0.39, 0.29) is 17.6 Å². The van der Waals surface area contributed by atoms with E-state index in [4.69, 9.17) is 0 Å². The number of hydrogen-bond donors (Lipinski definition) is 1. The van der Waals surface area contributed by atoms with Crippen molar-refractivity contribution in [1.29, 1.82) is 0 Å². The standard InChI is InChI=1S/C16H13FN4O2/c1-21-13-5-4-11(17)7-12(13)15(22)14(20-21)16(23)19-9-10-3-2-6-18-8-10/h2-8H,9H2,1H3,(H,19,23). The number of rotatable bonds is 3. The summed E-state index contributed by atoms with van der Waals surface area (Å²) in [6.07, 6.45) is 3.24. The van der Waals surface area contributed by atoms with E-state index >= 15 is 0 Å². The normalized spacial score (nSPS) is 10.7. The Balaban J connectivity index is 1.94. The molecule has 0 saturated carbocycles. The summed E-state index contributed by atoms with van der Waals surface area (Å²) in [7, 11) is 1.59. The number of fused-ring (bicyclic) bond motifs is 1. The number of carbonyl (C=O) groups is 1. The van der Waals surface area contributed by atoms with Crippen molar-refractivity contribution in [2.75, 3.05) is 0 Å². The third-order valence-corrected chi connectivity index (χ3v) is 3.41. The average molecular weight is 312 g/mol. The van der Waals surface area contributed by atoms with Gasteiger partial charge in [-0.3, -0.25) is 19.3 Å². The van der Waals surface area contributed by atoms with Crippen molar-refractivity contribution in [1.82, 2.24) is 20.1 Å². The molecule has 0 aliphatic carbocycles. The van der Waals surface area contributed by atoms with Gasteiger partial charge in [-0.25, -0.2) is 4.39 Å². The molecule has 0 aliphatic rings. The zero-order valence-corrected chi connectivity index (χ0v) is 12.3. The first-order valence-electron chi connectivity index (χ1n) is 6.90. The second-order valence-electron chi connectivity index (χ2n) is 5.01. The molecule has 1 N–H and O–H groups in total. The number of carbonyl (C=O) groups excluding carboxylic acids is 1. The Labute approximate surface area is 130 Å². The van der Waals surface area contributed by atoms with Crippen molar-refractivity contribution in [3.05, 3.63) is 70.0 Å². The summed E-state index contributed by atoms with van der Waals surface area (Å²) in [6.45, 7) is 0.221. The van der Waals surface area contributed by atoms with E-state index in [9.17, 15) is 14.0 Å². The lowest BCUT2D eigenvalue weighted by molar-refractivity contribution is 0.0943. The minimum Gasteiger partial charge on any atom is -0.346 e. The van der Waals surface area contributed by atoms with Gasteiger partial charge in [-0.1, -0.05) is 6.07 Å². The number of hydrogen-bond acceptors (Lipinski definition) is 4. The van der Waals surface area contributed by atoms with Crippen molar-refractivity contribution >= 4 is 16.8 Å². The first-order chi connectivity index (χ1) is 11.1. The van der Waals surface area contributed by atoms with Crippen LogP contribution in [0.3, 0.4) is 0 Å². The van der Waals surface area contributed by atoms with Crippen molar-refractivity contribution in [2.24, 2.45) is 7.05 Å². The number of nitrogens with one attached hydrogen (secondary N) is 1. The van der Waals surface area contributed by atoms with Gasteiger partial charge >= 0.3 is 0 Å². The lowest BCUT2D eigenvalue weighted by Gasteiger charge is -2.08. The van der Waals surface area contributed by atoms with Gasteiger partial charge in [0.2, 0.25) is 5.43 Å². The van der Waals surface area contributed by atoms with Gasteiger partial charge in [0.25, 0.3) is 5.91 Å². The molecule has 0 spiro atoms. The number of amides is 1. The molecule has 0 radical (unpaired) electrons. The van der Waals surface area contributed by atoms with E-state index in [1.807, 2.05) is 0 Å². The first-order valence-corrected chi connectivity index (χ1v) is 6.90. The highest BCUT2D eigenvalue weighted by atomic mass is 19.1. The van der Waals surface area contributed by atoms with E-state index in [1.54, 1.807) is 31.6 Å². The van der Waals surface area contributed by atoms with E-state index in [0.29, 0.717) is 5.52 Å². The molecule has 7 heteroatoms. The third-order valence-electron chi connectivity index (χ3n) is 3.41. The van der Waals surface area contributed by atoms with Crippen molar-refractivity contribution in [3.63, 3.8) is 0 Å². The summed E-state index contributed by atoms with van der Waals surface area (Å²) in [6, 6.07) is 7.35. The summed E-state index contributed by atoms with van der Waals surface area (Å²) in [5, 5.41) is 6.73. The summed E-state index contributed by atoms with van der Waals surface area (Å²) < 4.78 is 14.8. The molecule has 1 aromatic carbocycles. The van der Waals surface area contributed by atoms with Crippen LogP contribution in [0.2, 0.25) is 0 Å². The molecule has 0 bridgehead atoms. The number of aromatic nitrogens is 3. The average Bonchev–Trinajstić information content (AvgIpc) is 2.56. The van der Waals surface area contributed by atoms with Crippen LogP contribution in [0.5, 0.6) is 0 Å². The van der Waals surface area contributed by atoms with Crippen LogP contribution in [0.1, 0.15) is 16.1 Å². The number of aryl methyl sites for hydroxylation is 1. The second kappa shape index (κ2) is 5.96. The van der Waals surface area contributed by atoms with Crippen LogP contribution in [-0.4, -0.2) is 20.7 Å². The molecule has 116 valence electrons. The minimum atomic E-state index is -0.611. The first kappa shape index (κ1) is 14.8. The molecule has 3 rings (SSSR count). The Morgan fingerprint density at radius 3 is 2.91 bits per heavy atom. The van der Waals surface area contributed by atoms with Crippen LogP contribution in [-0.2, 0) is 13.6 Å². The summed E-state index contributed by atoms with van der Waals surface area (Å²) in [5.74, 6) is -1.15. The molecule has 1 amide bonds. The van der Waals surface area contributed by atoms with Crippen molar-refractivity contribution < 1.29 is 9.18 Å². The van der Waals surface area contributed by atoms with Gasteiger partial charge in [0, 0.05) is 26.0 Å². The molecule has 3 aromatic rings. The Morgan fingerprint density at radius 1 is 1.35 bits per heavy atom. The molecular weight excluding hydrogens is 299 g/mol. The predicted molar refractivity (Wildman–Crippen MR) is 82.3 cm³/mol. The maximum absolute atomic E-state index is 13.4. The van der Waals surface area contributed by atoms with Gasteiger partial charge in [-0.05, 0) is 29.8 Å². The second-order valence-corrected chi connectivity index (χ2v) is 5.01. The zero-order chi connectivity index (χ0) is 16.4. The Hall–Kier alpha value is -3.09. The number of halogens is 1. The van der Waals surface area contributed by atoms with Gasteiger partial charge in [0.15, 0.2) is 5.69 Å². The molecule has 0 unspecified atom stereocenters. The van der Waals surface area contributed by atoms with Crippen LogP contribution in [0.15, 0.2) is 47.5 Å². The monoisotopic (exact) mass is 312 g/mol. The highest BCUT2D eigenvalue weighted by Gasteiger charge is 2.16. The fourth-order valence-electron chi connectivity index (χ4n) is 2.27. The SMILES string of the molecule is Cn1nc(C(=O)NCc2cccnc2)c(=O)c2cc(F)ccc21. The molecule has 6 nitrogen and oxygen atoms in total. The lowest BCUT2D eigenvalue weighted by Crippen LogP contribution is -2.31. The Bertz CT molecular complexity index is 938. The quantitative estimate of drug-likeness (QED) is 0.793. The Morgan fingerprint density at radius 2 is 2.17 bits per heavy atom. The molecule has 2 heterocycles. The summed E-state index contributed by atoms with van der Waals surface area (Å²) in [5.41, 5.74) is 0.389. The van der Waals surface area contributed by atoms with Crippen LogP contribution < -0.4 is 10.7 Å². The topological polar surface area (TPSA) is 76.9 Å². The van der Waals surface area contributed by atoms with E-state index in [0.717, 1.165) is 11.6 Å². The highest BCUT2D eigenvalue weighted by Crippen LogP contribution is 2.11. The van der Waals surface area contributed by atoms with Gasteiger partial charge in [0.1, 0.15) is 5.82 Å². The maximum atomic E-state index is 13.4. The van der Waals surface area contributed by atoms with Crippen LogP contribution in [0.4, 0.5) is 4.39 Å². The molecule has 0 saturated heterocycles. The van der Waals surface area contributed by atoms with E-state index < -0.39 is 17.2 Å². The number of pyridine rings is 1. The fourth-order valence-corrected chi connectivity index (χ4v) is 2.27. The van der Waals surface area contributed by atoms with Gasteiger partial charge in [-0.15, -0.1) is 0 Å². The maximum Gasteiger partial charge on any atom is 0.276 e. The number of benzene rings is 1. The van der Waals surface area contributed by atoms with Crippen LogP contribution >= 0.6 is 0 Å². The van der Waals surface area contributed by atoms with Gasteiger partial charge < -0.3 is 5.32 Å². The van der Waals surface area contributed by atoms with E-state index in [1.165, 1.54) is 16.8 Å². The van der Waals surface area contributed by atoms with Crippen LogP contribution in [0, 0.1) is 5.82 Å². The molecule has 2 aromatic heterocycles. The molecular formula is C16H13FN4O2. The highest BCUT2D eigenvalue weighted by molar-refractivity contribution is 5.95. The van der Waals surface area contributed by atoms with Crippen molar-refractivity contribution in [2.45, 2.75) is 6.54 Å². The molecule has 0 fully saturated rings. The minimum absolute atomic E-state index is 0.119. The molecule has 0 aliphatic heterocycles. The predicted octanol–water partition coefficient (Wildman–Crippen LogP) is 1.40. The van der Waals surface area contributed by atoms with Crippen molar-refractivity contribution in [3.8, 4) is 0 Å². The van der Waals surface area contributed by atoms with Crippen LogP contribution in [0.25, 0.3) is 10.9 Å². The molecule has 23 heavy (non-hydrogen) atoms. The smallest absolute Gasteiger partial charge is 0.276 e. The zero-order valence-electron chi connectivity index (χ0n) is 12.3. The summed E-state index contributed by atoms with van der Waals surface area (Å²) in [4.78, 5) is 28.5. The van der Waals surface area contributed by atoms with E-state index in [2.05, 4.69) is 15.4 Å². The summed E-state index contributed by atoms with van der Waals surface area (Å²) >= 11 is 0. The largest absolute Gasteiger partial charge is 0.346 e. The lowest BCUT2D eigenvalue weighted by atomic mass is 10.2. The Kier molecular flexibility index (Phi) is 3.84.